The van der Waals surface area contributed by atoms with E-state index in [0.717, 1.165) is 25.5 Å². The van der Waals surface area contributed by atoms with Gasteiger partial charge in [-0.1, -0.05) is 25.0 Å². The van der Waals surface area contributed by atoms with Gasteiger partial charge in [0.05, 0.1) is 6.26 Å². The molecule has 1 saturated heterocycles. The fourth-order valence-electron chi connectivity index (χ4n) is 4.80. The topological polar surface area (TPSA) is 151 Å². The number of rotatable bonds is 3. The predicted molar refractivity (Wildman–Crippen MR) is 132 cm³/mol. The van der Waals surface area contributed by atoms with Crippen molar-refractivity contribution in [2.24, 2.45) is 5.92 Å². The van der Waals surface area contributed by atoms with E-state index in [-0.39, 0.29) is 18.2 Å². The number of sulfonamides is 1. The third kappa shape index (κ3) is 7.21. The highest BCUT2D eigenvalue weighted by Gasteiger charge is 2.61. The van der Waals surface area contributed by atoms with Crippen molar-refractivity contribution >= 4 is 33.8 Å². The minimum Gasteiger partial charge on any atom is -0.444 e. The maximum absolute atomic E-state index is 13.5. The van der Waals surface area contributed by atoms with E-state index in [1.807, 2.05) is 16.9 Å². The molecule has 0 spiro atoms. The van der Waals surface area contributed by atoms with Crippen LogP contribution in [0.25, 0.3) is 0 Å². The molecule has 0 aromatic rings. The number of nitrogens with one attached hydrogen (secondary N) is 3. The van der Waals surface area contributed by atoms with E-state index in [1.165, 1.54) is 4.90 Å². The van der Waals surface area contributed by atoms with Crippen LogP contribution in [0.5, 0.6) is 0 Å². The Labute approximate surface area is 212 Å². The van der Waals surface area contributed by atoms with Crippen molar-refractivity contribution in [2.75, 3.05) is 12.8 Å². The van der Waals surface area contributed by atoms with Crippen molar-refractivity contribution in [1.29, 1.82) is 0 Å². The Morgan fingerprint density at radius 2 is 1.86 bits per heavy atom. The molecular weight excluding hydrogens is 488 g/mol. The van der Waals surface area contributed by atoms with E-state index in [2.05, 4.69) is 10.6 Å². The molecule has 2 fully saturated rings. The second-order valence-electron chi connectivity index (χ2n) is 10.9. The molecule has 3 rings (SSSR count). The van der Waals surface area contributed by atoms with E-state index < -0.39 is 51.2 Å². The van der Waals surface area contributed by atoms with Crippen LogP contribution in [0.2, 0.25) is 0 Å². The summed E-state index contributed by atoms with van der Waals surface area (Å²) in [6.07, 6.45) is 8.79. The third-order valence-corrected chi connectivity index (χ3v) is 7.16. The predicted octanol–water partition coefficient (Wildman–Crippen LogP) is 1.34. The summed E-state index contributed by atoms with van der Waals surface area (Å²) in [5, 5.41) is 5.45. The number of amides is 4. The summed E-state index contributed by atoms with van der Waals surface area (Å²) in [6, 6.07) is -1.66. The second kappa shape index (κ2) is 10.8. The molecule has 2 heterocycles. The maximum Gasteiger partial charge on any atom is 0.408 e. The Morgan fingerprint density at radius 1 is 1.14 bits per heavy atom. The lowest BCUT2D eigenvalue weighted by Crippen LogP contribution is -2.58. The van der Waals surface area contributed by atoms with Gasteiger partial charge in [0.2, 0.25) is 21.8 Å². The van der Waals surface area contributed by atoms with Crippen LogP contribution < -0.4 is 15.4 Å². The van der Waals surface area contributed by atoms with Gasteiger partial charge in [0, 0.05) is 12.5 Å². The van der Waals surface area contributed by atoms with Crippen LogP contribution in [0.4, 0.5) is 4.79 Å². The molecule has 1 aliphatic carbocycles. The Morgan fingerprint density at radius 3 is 2.53 bits per heavy atom. The first-order valence-corrected chi connectivity index (χ1v) is 14.4. The van der Waals surface area contributed by atoms with Crippen LogP contribution >= 0.6 is 0 Å². The maximum atomic E-state index is 13.5. The molecule has 12 heteroatoms. The molecule has 0 bridgehead atoms. The van der Waals surface area contributed by atoms with E-state index in [1.54, 1.807) is 20.8 Å². The number of allylic oxidation sites excluding steroid dienone is 1. The van der Waals surface area contributed by atoms with Crippen molar-refractivity contribution in [1.82, 2.24) is 20.3 Å². The van der Waals surface area contributed by atoms with Gasteiger partial charge in [-0.25, -0.2) is 13.2 Å². The summed E-state index contributed by atoms with van der Waals surface area (Å²) in [6.45, 7) is 5.55. The summed E-state index contributed by atoms with van der Waals surface area (Å²) >= 11 is 0. The first-order valence-electron chi connectivity index (χ1n) is 12.5. The molecule has 36 heavy (non-hydrogen) atoms. The molecule has 0 unspecified atom stereocenters. The van der Waals surface area contributed by atoms with Gasteiger partial charge in [0.15, 0.2) is 0 Å². The molecule has 1 saturated carbocycles. The smallest absolute Gasteiger partial charge is 0.408 e. The molecule has 4 atom stereocenters. The average Bonchev–Trinajstić information content (AvgIpc) is 3.20. The molecule has 0 aromatic carbocycles. The highest BCUT2D eigenvalue weighted by Crippen LogP contribution is 2.45. The van der Waals surface area contributed by atoms with Crippen LogP contribution in [0.15, 0.2) is 12.2 Å². The summed E-state index contributed by atoms with van der Waals surface area (Å²) in [5.74, 6) is -1.99. The summed E-state index contributed by atoms with van der Waals surface area (Å²) < 4.78 is 30.7. The van der Waals surface area contributed by atoms with Crippen molar-refractivity contribution in [2.45, 2.75) is 95.4 Å². The number of nitrogens with zero attached hydrogens (tertiary/aromatic N) is 1. The number of alkyl carbamates (subject to hydrolysis) is 1. The lowest BCUT2D eigenvalue weighted by molar-refractivity contribution is -0.141. The molecule has 0 aromatic heterocycles. The lowest BCUT2D eigenvalue weighted by Gasteiger charge is -2.30. The minimum absolute atomic E-state index is 0.278. The highest BCUT2D eigenvalue weighted by atomic mass is 32.2. The molecule has 11 nitrogen and oxygen atoms in total. The molecular formula is C24H38N4O7S. The van der Waals surface area contributed by atoms with Crippen LogP contribution in [0.1, 0.15) is 72.1 Å². The normalized spacial score (nSPS) is 29.7. The van der Waals surface area contributed by atoms with Gasteiger partial charge in [-0.3, -0.25) is 19.1 Å². The zero-order valence-corrected chi connectivity index (χ0v) is 22.3. The Kier molecular flexibility index (Phi) is 8.37. The molecule has 0 radical (unpaired) electrons. The van der Waals surface area contributed by atoms with Gasteiger partial charge in [-0.05, 0) is 59.3 Å². The fourth-order valence-corrected chi connectivity index (χ4v) is 5.32. The van der Waals surface area contributed by atoms with Crippen molar-refractivity contribution in [3.8, 4) is 0 Å². The van der Waals surface area contributed by atoms with Crippen LogP contribution in [-0.4, -0.2) is 73.2 Å². The van der Waals surface area contributed by atoms with Crippen LogP contribution in [0, 0.1) is 5.92 Å². The van der Waals surface area contributed by atoms with Gasteiger partial charge >= 0.3 is 6.09 Å². The van der Waals surface area contributed by atoms with E-state index in [0.29, 0.717) is 32.2 Å². The highest BCUT2D eigenvalue weighted by molar-refractivity contribution is 7.89. The summed E-state index contributed by atoms with van der Waals surface area (Å²) in [4.78, 5) is 53.6. The monoisotopic (exact) mass is 526 g/mol. The van der Waals surface area contributed by atoms with E-state index >= 15 is 0 Å². The first kappa shape index (κ1) is 27.9. The zero-order valence-electron chi connectivity index (χ0n) is 21.5. The number of hydrogen-bond donors (Lipinski definition) is 3. The van der Waals surface area contributed by atoms with Crippen molar-refractivity contribution in [3.05, 3.63) is 12.2 Å². The fraction of sp³-hybridized carbons (Fsp3) is 0.750. The van der Waals surface area contributed by atoms with Crippen molar-refractivity contribution in [3.63, 3.8) is 0 Å². The Balaban J connectivity index is 1.83. The first-order chi connectivity index (χ1) is 16.7. The van der Waals surface area contributed by atoms with Gasteiger partial charge in [-0.15, -0.1) is 0 Å². The van der Waals surface area contributed by atoms with E-state index in [9.17, 15) is 27.6 Å². The molecule has 2 aliphatic heterocycles. The number of ether oxygens (including phenoxy) is 1. The number of hydrogen-bond acceptors (Lipinski definition) is 7. The van der Waals surface area contributed by atoms with E-state index in [4.69, 9.17) is 4.74 Å². The van der Waals surface area contributed by atoms with Crippen molar-refractivity contribution < 1.29 is 32.3 Å². The quantitative estimate of drug-likeness (QED) is 0.470. The Bertz CT molecular complexity index is 1020. The van der Waals surface area contributed by atoms with Gasteiger partial charge in [0.25, 0.3) is 5.91 Å². The second-order valence-corrected chi connectivity index (χ2v) is 12.7. The largest absolute Gasteiger partial charge is 0.444 e. The van der Waals surface area contributed by atoms with Gasteiger partial charge in [-0.2, -0.15) is 0 Å². The number of carbonyl (C=O) groups excluding carboxylic acids is 4. The number of carbonyl (C=O) groups is 4. The lowest BCUT2D eigenvalue weighted by atomic mass is 10.0. The standard InChI is InChI=1S/C24H38N4O7S/c1-23(2,3)35-22(32)25-17-12-9-7-5-6-8-11-16-15-24(16,21(31)27-36(4,33)34)26-19(29)18-13-10-14-28(18)20(17)30/h8,11,16-18H,5-7,9-10,12-15H2,1-4H3,(H,25,32)(H,26,29)(H,27,31)/t16-,17+,18+,24-/m1/s1. The molecule has 202 valence electrons. The minimum atomic E-state index is -3.82. The zero-order chi connectivity index (χ0) is 26.7. The van der Waals surface area contributed by atoms with Crippen LogP contribution in [-0.2, 0) is 29.1 Å². The number of fused-ring (bicyclic) bond motifs is 2. The summed E-state index contributed by atoms with van der Waals surface area (Å²) in [7, 11) is -3.82. The Hall–Kier alpha value is -2.63. The van der Waals surface area contributed by atoms with Gasteiger partial charge in [0.1, 0.15) is 23.2 Å². The SMILES string of the molecule is CC(C)(C)OC(=O)N[C@H]1CCCCCC=C[C@@H]2C[C@@]2(C(=O)NS(C)(=O)=O)NC(=O)[C@@H]2CCCN2C1=O. The molecule has 3 N–H and O–H groups in total. The molecule has 4 amide bonds. The molecule has 3 aliphatic rings. The summed E-state index contributed by atoms with van der Waals surface area (Å²) in [5.41, 5.74) is -2.10. The van der Waals surface area contributed by atoms with Gasteiger partial charge < -0.3 is 20.3 Å². The average molecular weight is 527 g/mol. The third-order valence-electron chi connectivity index (χ3n) is 6.60. The van der Waals surface area contributed by atoms with Crippen LogP contribution in [0.3, 0.4) is 0 Å².